The fourth-order valence-electron chi connectivity index (χ4n) is 1.68. The maximum absolute atomic E-state index is 11.6. The number of amides is 1. The third-order valence-electron chi connectivity index (χ3n) is 2.66. The van der Waals surface area contributed by atoms with Crippen molar-refractivity contribution in [2.45, 2.75) is 0 Å². The van der Waals surface area contributed by atoms with E-state index in [1.807, 2.05) is 42.5 Å². The molecule has 0 aliphatic carbocycles. The highest BCUT2D eigenvalue weighted by molar-refractivity contribution is 9.10. The molecule has 0 heterocycles. The van der Waals surface area contributed by atoms with E-state index in [2.05, 4.69) is 21.2 Å². The Labute approximate surface area is 136 Å². The summed E-state index contributed by atoms with van der Waals surface area (Å²) in [6.07, 6.45) is 2.92. The van der Waals surface area contributed by atoms with Crippen molar-refractivity contribution in [3.05, 3.63) is 70.7 Å². The molecule has 2 aromatic carbocycles. The van der Waals surface area contributed by atoms with E-state index in [0.717, 1.165) is 10.0 Å². The topological polar surface area (TPSA) is 55.4 Å². The summed E-state index contributed by atoms with van der Waals surface area (Å²) < 4.78 is 5.80. The lowest BCUT2D eigenvalue weighted by Gasteiger charge is -2.04. The fourth-order valence-corrected chi connectivity index (χ4v) is 2.09. The second-order valence-corrected chi connectivity index (χ2v) is 5.33. The average Bonchev–Trinajstić information content (AvgIpc) is 2.52. The molecule has 0 saturated carbocycles. The molecule has 2 rings (SSSR count). The van der Waals surface area contributed by atoms with Crippen molar-refractivity contribution in [1.82, 2.24) is 0 Å². The van der Waals surface area contributed by atoms with E-state index in [1.165, 1.54) is 6.08 Å². The van der Waals surface area contributed by atoms with Gasteiger partial charge in [-0.15, -0.1) is 0 Å². The van der Waals surface area contributed by atoms with Crippen LogP contribution in [0.15, 0.2) is 65.1 Å². The molecule has 1 amide bonds. The maximum Gasteiger partial charge on any atom is 0.331 e. The Balaban J connectivity index is 1.79. The molecular formula is C17H14BrNO3. The van der Waals surface area contributed by atoms with E-state index in [0.29, 0.717) is 5.69 Å². The van der Waals surface area contributed by atoms with Crippen molar-refractivity contribution >= 4 is 39.6 Å². The Morgan fingerprint density at radius 1 is 1.09 bits per heavy atom. The van der Waals surface area contributed by atoms with Crippen LogP contribution in [0.1, 0.15) is 5.56 Å². The van der Waals surface area contributed by atoms with Gasteiger partial charge in [-0.1, -0.05) is 46.3 Å². The van der Waals surface area contributed by atoms with Gasteiger partial charge in [0, 0.05) is 16.2 Å². The monoisotopic (exact) mass is 359 g/mol. The first kappa shape index (κ1) is 16.0. The molecule has 0 aliphatic rings. The summed E-state index contributed by atoms with van der Waals surface area (Å²) in [4.78, 5) is 23.2. The largest absolute Gasteiger partial charge is 0.452 e. The van der Waals surface area contributed by atoms with Crippen molar-refractivity contribution in [2.75, 3.05) is 11.9 Å². The third kappa shape index (κ3) is 5.54. The number of hydrogen-bond acceptors (Lipinski definition) is 3. The third-order valence-corrected chi connectivity index (χ3v) is 3.16. The maximum atomic E-state index is 11.6. The van der Waals surface area contributed by atoms with E-state index in [-0.39, 0.29) is 12.5 Å². The Morgan fingerprint density at radius 2 is 1.86 bits per heavy atom. The minimum atomic E-state index is -0.566. The van der Waals surface area contributed by atoms with Crippen LogP contribution in [-0.2, 0) is 14.3 Å². The number of halogens is 1. The lowest BCUT2D eigenvalue weighted by molar-refractivity contribution is -0.142. The second-order valence-electron chi connectivity index (χ2n) is 4.41. The van der Waals surface area contributed by atoms with Crippen LogP contribution in [0.25, 0.3) is 6.08 Å². The van der Waals surface area contributed by atoms with Crippen LogP contribution in [0, 0.1) is 0 Å². The number of para-hydroxylation sites is 1. The molecule has 22 heavy (non-hydrogen) atoms. The van der Waals surface area contributed by atoms with E-state index in [4.69, 9.17) is 4.74 Å². The fraction of sp³-hybridized carbons (Fsp3) is 0.0588. The second kappa shape index (κ2) is 8.14. The van der Waals surface area contributed by atoms with Gasteiger partial charge in [-0.05, 0) is 35.9 Å². The van der Waals surface area contributed by atoms with Gasteiger partial charge in [0.25, 0.3) is 5.91 Å². The van der Waals surface area contributed by atoms with Crippen LogP contribution in [0.2, 0.25) is 0 Å². The number of carbonyl (C=O) groups is 2. The number of carbonyl (C=O) groups excluding carboxylic acids is 2. The van der Waals surface area contributed by atoms with Crippen molar-refractivity contribution in [3.63, 3.8) is 0 Å². The molecule has 0 aliphatic heterocycles. The summed E-state index contributed by atoms with van der Waals surface area (Å²) in [6, 6.07) is 16.5. The molecule has 0 bridgehead atoms. The molecule has 0 saturated heterocycles. The number of rotatable bonds is 5. The quantitative estimate of drug-likeness (QED) is 0.654. The molecule has 1 N–H and O–H groups in total. The zero-order valence-electron chi connectivity index (χ0n) is 11.7. The van der Waals surface area contributed by atoms with E-state index < -0.39 is 5.97 Å². The summed E-state index contributed by atoms with van der Waals surface area (Å²) >= 11 is 3.35. The molecule has 0 unspecified atom stereocenters. The van der Waals surface area contributed by atoms with Gasteiger partial charge in [-0.3, -0.25) is 4.79 Å². The number of esters is 1. The van der Waals surface area contributed by atoms with Gasteiger partial charge >= 0.3 is 5.97 Å². The molecule has 5 heteroatoms. The Kier molecular flexibility index (Phi) is 5.91. The smallest absolute Gasteiger partial charge is 0.331 e. The average molecular weight is 360 g/mol. The molecule has 4 nitrogen and oxygen atoms in total. The van der Waals surface area contributed by atoms with Gasteiger partial charge in [0.2, 0.25) is 0 Å². The predicted molar refractivity (Wildman–Crippen MR) is 89.2 cm³/mol. The lowest BCUT2D eigenvalue weighted by atomic mass is 10.2. The SMILES string of the molecule is O=C(COC(=O)/C=C/c1cccc(Br)c1)Nc1ccccc1. The Morgan fingerprint density at radius 3 is 2.59 bits per heavy atom. The number of ether oxygens (including phenoxy) is 1. The van der Waals surface area contributed by atoms with E-state index in [1.54, 1.807) is 18.2 Å². The van der Waals surface area contributed by atoms with Crippen LogP contribution in [0.3, 0.4) is 0 Å². The molecule has 2 aromatic rings. The summed E-state index contributed by atoms with van der Waals surface area (Å²) in [5.41, 5.74) is 1.52. The standard InChI is InChI=1S/C17H14BrNO3/c18-14-6-4-5-13(11-14)9-10-17(21)22-12-16(20)19-15-7-2-1-3-8-15/h1-11H,12H2,(H,19,20)/b10-9+. The van der Waals surface area contributed by atoms with E-state index >= 15 is 0 Å². The Bertz CT molecular complexity index is 683. The zero-order valence-corrected chi connectivity index (χ0v) is 13.2. The van der Waals surface area contributed by atoms with Crippen LogP contribution in [0.5, 0.6) is 0 Å². The highest BCUT2D eigenvalue weighted by atomic mass is 79.9. The highest BCUT2D eigenvalue weighted by Gasteiger charge is 2.05. The molecule has 0 fully saturated rings. The first-order valence-electron chi connectivity index (χ1n) is 6.59. The summed E-state index contributed by atoms with van der Waals surface area (Å²) in [5.74, 6) is -0.946. The number of benzene rings is 2. The van der Waals surface area contributed by atoms with Crippen molar-refractivity contribution in [1.29, 1.82) is 0 Å². The van der Waals surface area contributed by atoms with Gasteiger partial charge in [0.15, 0.2) is 6.61 Å². The van der Waals surface area contributed by atoms with Gasteiger partial charge < -0.3 is 10.1 Å². The first-order valence-corrected chi connectivity index (χ1v) is 7.38. The van der Waals surface area contributed by atoms with Crippen LogP contribution in [0.4, 0.5) is 5.69 Å². The Hall–Kier alpha value is -2.40. The molecular weight excluding hydrogens is 346 g/mol. The van der Waals surface area contributed by atoms with Crippen LogP contribution >= 0.6 is 15.9 Å². The number of anilines is 1. The van der Waals surface area contributed by atoms with Crippen molar-refractivity contribution in [2.24, 2.45) is 0 Å². The molecule has 0 atom stereocenters. The van der Waals surface area contributed by atoms with Crippen LogP contribution in [-0.4, -0.2) is 18.5 Å². The lowest BCUT2D eigenvalue weighted by Crippen LogP contribution is -2.20. The summed E-state index contributed by atoms with van der Waals surface area (Å²) in [7, 11) is 0. The number of nitrogens with one attached hydrogen (secondary N) is 1. The zero-order chi connectivity index (χ0) is 15.8. The van der Waals surface area contributed by atoms with Gasteiger partial charge in [-0.25, -0.2) is 4.79 Å². The minimum Gasteiger partial charge on any atom is -0.452 e. The number of hydrogen-bond donors (Lipinski definition) is 1. The van der Waals surface area contributed by atoms with Crippen molar-refractivity contribution in [3.8, 4) is 0 Å². The van der Waals surface area contributed by atoms with Crippen molar-refractivity contribution < 1.29 is 14.3 Å². The normalized spacial score (nSPS) is 10.4. The first-order chi connectivity index (χ1) is 10.6. The summed E-state index contributed by atoms with van der Waals surface area (Å²) in [6.45, 7) is -0.323. The molecule has 0 radical (unpaired) electrons. The highest BCUT2D eigenvalue weighted by Crippen LogP contribution is 2.12. The van der Waals surface area contributed by atoms with Gasteiger partial charge in [0.05, 0.1) is 0 Å². The summed E-state index contributed by atoms with van der Waals surface area (Å²) in [5, 5.41) is 2.63. The van der Waals surface area contributed by atoms with Gasteiger partial charge in [0.1, 0.15) is 0 Å². The minimum absolute atomic E-state index is 0.323. The van der Waals surface area contributed by atoms with E-state index in [9.17, 15) is 9.59 Å². The van der Waals surface area contributed by atoms with Gasteiger partial charge in [-0.2, -0.15) is 0 Å². The molecule has 0 aromatic heterocycles. The molecule has 112 valence electrons. The predicted octanol–water partition coefficient (Wildman–Crippen LogP) is 3.64. The molecule has 0 spiro atoms. The van der Waals surface area contributed by atoms with Crippen LogP contribution < -0.4 is 5.32 Å².